The van der Waals surface area contributed by atoms with Crippen LogP contribution in [-0.2, 0) is 6.42 Å². The van der Waals surface area contributed by atoms with E-state index in [-0.39, 0.29) is 6.04 Å². The molecule has 0 saturated carbocycles. The third-order valence-electron chi connectivity index (χ3n) is 2.84. The summed E-state index contributed by atoms with van der Waals surface area (Å²) in [6, 6.07) is 19.0. The smallest absolute Gasteiger partial charge is 0.0335 e. The summed E-state index contributed by atoms with van der Waals surface area (Å²) in [6.07, 6.45) is 2.97. The molecule has 17 heavy (non-hydrogen) atoms. The highest BCUT2D eigenvalue weighted by atomic mass is 32.2. The molecule has 2 aromatic rings. The van der Waals surface area contributed by atoms with Crippen LogP contribution in [-0.4, -0.2) is 6.26 Å². The van der Waals surface area contributed by atoms with Gasteiger partial charge in [0.15, 0.2) is 0 Å². The molecule has 2 N–H and O–H groups in total. The lowest BCUT2D eigenvalue weighted by Crippen LogP contribution is -2.13. The van der Waals surface area contributed by atoms with Gasteiger partial charge in [-0.2, -0.15) is 0 Å². The topological polar surface area (TPSA) is 26.0 Å². The zero-order valence-corrected chi connectivity index (χ0v) is 10.8. The molecule has 0 spiro atoms. The number of hydrogen-bond donors (Lipinski definition) is 1. The van der Waals surface area contributed by atoms with Crippen LogP contribution in [0.5, 0.6) is 0 Å². The van der Waals surface area contributed by atoms with Crippen LogP contribution in [0.25, 0.3) is 0 Å². The summed E-state index contributed by atoms with van der Waals surface area (Å²) in [7, 11) is 0. The van der Waals surface area contributed by atoms with E-state index in [1.54, 1.807) is 11.8 Å². The van der Waals surface area contributed by atoms with Crippen LogP contribution in [0.2, 0.25) is 0 Å². The molecule has 1 atom stereocenters. The molecule has 1 nitrogen and oxygen atoms in total. The summed E-state index contributed by atoms with van der Waals surface area (Å²) in [5.41, 5.74) is 8.70. The van der Waals surface area contributed by atoms with Gasteiger partial charge in [0.05, 0.1) is 0 Å². The van der Waals surface area contributed by atoms with Crippen molar-refractivity contribution in [3.8, 4) is 0 Å². The highest BCUT2D eigenvalue weighted by Crippen LogP contribution is 2.20. The Bertz CT molecular complexity index is 450. The quantitative estimate of drug-likeness (QED) is 0.829. The normalized spacial score (nSPS) is 12.4. The average molecular weight is 243 g/mol. The molecule has 0 fully saturated rings. The molecule has 0 aliphatic carbocycles. The minimum absolute atomic E-state index is 0.0771. The number of nitrogens with two attached hydrogens (primary N) is 1. The van der Waals surface area contributed by atoms with E-state index in [0.29, 0.717) is 0 Å². The van der Waals surface area contributed by atoms with Gasteiger partial charge in [-0.05, 0) is 35.9 Å². The van der Waals surface area contributed by atoms with Gasteiger partial charge in [-0.25, -0.2) is 0 Å². The van der Waals surface area contributed by atoms with Crippen molar-refractivity contribution in [3.05, 3.63) is 65.7 Å². The second-order valence-corrected chi connectivity index (χ2v) is 4.95. The first kappa shape index (κ1) is 12.2. The summed E-state index contributed by atoms with van der Waals surface area (Å²) in [5, 5.41) is 0. The fourth-order valence-electron chi connectivity index (χ4n) is 1.84. The van der Waals surface area contributed by atoms with Crippen molar-refractivity contribution < 1.29 is 0 Å². The number of rotatable bonds is 4. The van der Waals surface area contributed by atoms with Crippen LogP contribution in [0.3, 0.4) is 0 Å². The third-order valence-corrected chi connectivity index (χ3v) is 3.59. The van der Waals surface area contributed by atoms with E-state index in [1.165, 1.54) is 16.0 Å². The van der Waals surface area contributed by atoms with Crippen LogP contribution < -0.4 is 5.73 Å². The molecule has 1 unspecified atom stereocenters. The van der Waals surface area contributed by atoms with Gasteiger partial charge in [0.25, 0.3) is 0 Å². The van der Waals surface area contributed by atoms with Gasteiger partial charge in [-0.1, -0.05) is 42.5 Å². The summed E-state index contributed by atoms with van der Waals surface area (Å²) >= 11 is 1.75. The van der Waals surface area contributed by atoms with Crippen LogP contribution in [0.15, 0.2) is 59.5 Å². The Morgan fingerprint density at radius 3 is 2.24 bits per heavy atom. The maximum atomic E-state index is 6.21. The highest BCUT2D eigenvalue weighted by molar-refractivity contribution is 7.98. The standard InChI is InChI=1S/C15H17NS/c1-17-14-9-7-13(8-10-14)15(16)11-12-5-3-2-4-6-12/h2-10,15H,11,16H2,1H3. The van der Waals surface area contributed by atoms with E-state index in [0.717, 1.165) is 6.42 Å². The molecule has 2 rings (SSSR count). The van der Waals surface area contributed by atoms with Crippen molar-refractivity contribution >= 4 is 11.8 Å². The highest BCUT2D eigenvalue weighted by Gasteiger charge is 2.06. The molecule has 0 aliphatic heterocycles. The lowest BCUT2D eigenvalue weighted by Gasteiger charge is -2.12. The lowest BCUT2D eigenvalue weighted by atomic mass is 10.00. The van der Waals surface area contributed by atoms with E-state index in [2.05, 4.69) is 54.8 Å². The number of hydrogen-bond acceptors (Lipinski definition) is 2. The molecule has 2 heteroatoms. The van der Waals surface area contributed by atoms with Gasteiger partial charge >= 0.3 is 0 Å². The maximum Gasteiger partial charge on any atom is 0.0335 e. The van der Waals surface area contributed by atoms with E-state index in [9.17, 15) is 0 Å². The van der Waals surface area contributed by atoms with Crippen molar-refractivity contribution in [2.75, 3.05) is 6.26 Å². The molecule has 0 aliphatic rings. The van der Waals surface area contributed by atoms with Crippen LogP contribution >= 0.6 is 11.8 Å². The van der Waals surface area contributed by atoms with Crippen molar-refractivity contribution in [3.63, 3.8) is 0 Å². The number of benzene rings is 2. The van der Waals surface area contributed by atoms with Crippen molar-refractivity contribution in [1.82, 2.24) is 0 Å². The second-order valence-electron chi connectivity index (χ2n) is 4.07. The Hall–Kier alpha value is -1.25. The van der Waals surface area contributed by atoms with E-state index < -0.39 is 0 Å². The summed E-state index contributed by atoms with van der Waals surface area (Å²) < 4.78 is 0. The van der Waals surface area contributed by atoms with Crippen molar-refractivity contribution in [2.45, 2.75) is 17.4 Å². The predicted octanol–water partition coefficient (Wildman–Crippen LogP) is 3.65. The van der Waals surface area contributed by atoms with Gasteiger partial charge in [-0.15, -0.1) is 11.8 Å². The Balaban J connectivity index is 2.06. The average Bonchev–Trinajstić information content (AvgIpc) is 2.40. The molecule has 0 heterocycles. The van der Waals surface area contributed by atoms with E-state index in [4.69, 9.17) is 5.73 Å². The molecule has 0 amide bonds. The van der Waals surface area contributed by atoms with Gasteiger partial charge in [0, 0.05) is 10.9 Å². The molecule has 2 aromatic carbocycles. The molecule has 0 bridgehead atoms. The Morgan fingerprint density at radius 2 is 1.65 bits per heavy atom. The molecule has 0 saturated heterocycles. The molecule has 0 radical (unpaired) electrons. The zero-order chi connectivity index (χ0) is 12.1. The van der Waals surface area contributed by atoms with Gasteiger partial charge < -0.3 is 5.73 Å². The lowest BCUT2D eigenvalue weighted by molar-refractivity contribution is 0.721. The first-order chi connectivity index (χ1) is 8.29. The van der Waals surface area contributed by atoms with E-state index >= 15 is 0 Å². The zero-order valence-electron chi connectivity index (χ0n) is 9.97. The van der Waals surface area contributed by atoms with Crippen LogP contribution in [0, 0.1) is 0 Å². The number of thioether (sulfide) groups is 1. The maximum absolute atomic E-state index is 6.21. The van der Waals surface area contributed by atoms with Crippen molar-refractivity contribution in [2.24, 2.45) is 5.73 Å². The first-order valence-electron chi connectivity index (χ1n) is 5.73. The second kappa shape index (κ2) is 5.89. The van der Waals surface area contributed by atoms with Gasteiger partial charge in [0.2, 0.25) is 0 Å². The minimum Gasteiger partial charge on any atom is -0.324 e. The molecule has 0 aromatic heterocycles. The summed E-state index contributed by atoms with van der Waals surface area (Å²) in [4.78, 5) is 1.28. The molecular formula is C15H17NS. The van der Waals surface area contributed by atoms with Crippen molar-refractivity contribution in [1.29, 1.82) is 0 Å². The fraction of sp³-hybridized carbons (Fsp3) is 0.200. The van der Waals surface area contributed by atoms with Gasteiger partial charge in [0.1, 0.15) is 0 Å². The molecular weight excluding hydrogens is 226 g/mol. The monoisotopic (exact) mass is 243 g/mol. The third kappa shape index (κ3) is 3.35. The Labute approximate surface area is 107 Å². The van der Waals surface area contributed by atoms with Crippen LogP contribution in [0.1, 0.15) is 17.2 Å². The minimum atomic E-state index is 0.0771. The Morgan fingerprint density at radius 1 is 1.00 bits per heavy atom. The summed E-state index contributed by atoms with van der Waals surface area (Å²) in [5.74, 6) is 0. The fourth-order valence-corrected chi connectivity index (χ4v) is 2.25. The largest absolute Gasteiger partial charge is 0.324 e. The van der Waals surface area contributed by atoms with E-state index in [1.807, 2.05) is 6.07 Å². The predicted molar refractivity (Wildman–Crippen MR) is 75.3 cm³/mol. The Kier molecular flexibility index (Phi) is 4.24. The van der Waals surface area contributed by atoms with Gasteiger partial charge in [-0.3, -0.25) is 0 Å². The molecule has 88 valence electrons. The SMILES string of the molecule is CSc1ccc(C(N)Cc2ccccc2)cc1. The van der Waals surface area contributed by atoms with Crippen LogP contribution in [0.4, 0.5) is 0 Å². The first-order valence-corrected chi connectivity index (χ1v) is 6.95. The summed E-state index contributed by atoms with van der Waals surface area (Å²) in [6.45, 7) is 0.